The number of aromatic nitrogens is 3. The highest BCUT2D eigenvalue weighted by atomic mass is 16.6. The first-order valence-corrected chi connectivity index (χ1v) is 5.75. The molecular formula is C11H12N6O3. The van der Waals surface area contributed by atoms with Crippen LogP contribution in [0.4, 0.5) is 11.4 Å². The largest absolute Gasteiger partial charge is 0.393 e. The summed E-state index contributed by atoms with van der Waals surface area (Å²) in [4.78, 5) is 22.2. The maximum absolute atomic E-state index is 11.9. The van der Waals surface area contributed by atoms with Crippen molar-refractivity contribution in [1.29, 1.82) is 0 Å². The van der Waals surface area contributed by atoms with Crippen LogP contribution in [0.25, 0.3) is 0 Å². The lowest BCUT2D eigenvalue weighted by Gasteiger charge is -2.06. The fraction of sp³-hybridized carbons (Fsp3) is 0.182. The summed E-state index contributed by atoms with van der Waals surface area (Å²) in [6.45, 7) is 0.690. The molecule has 0 aliphatic carbocycles. The number of para-hydroxylation sites is 1. The van der Waals surface area contributed by atoms with Crippen molar-refractivity contribution in [1.82, 2.24) is 20.3 Å². The first kappa shape index (κ1) is 13.5. The molecule has 0 radical (unpaired) electrons. The Bertz CT molecular complexity index is 625. The van der Waals surface area contributed by atoms with Gasteiger partial charge in [0.2, 0.25) is 0 Å². The van der Waals surface area contributed by atoms with Crippen molar-refractivity contribution in [3.63, 3.8) is 0 Å². The Kier molecular flexibility index (Phi) is 3.89. The monoisotopic (exact) mass is 276 g/mol. The summed E-state index contributed by atoms with van der Waals surface area (Å²) >= 11 is 0. The van der Waals surface area contributed by atoms with Crippen LogP contribution in [0.3, 0.4) is 0 Å². The summed E-state index contributed by atoms with van der Waals surface area (Å²) < 4.78 is 1.54. The smallest absolute Gasteiger partial charge is 0.304 e. The first-order chi connectivity index (χ1) is 9.59. The van der Waals surface area contributed by atoms with Gasteiger partial charge in [-0.05, 0) is 12.1 Å². The molecule has 0 saturated carbocycles. The summed E-state index contributed by atoms with van der Waals surface area (Å²) in [6, 6.07) is 4.23. The van der Waals surface area contributed by atoms with Crippen molar-refractivity contribution in [3.8, 4) is 0 Å². The number of nitrogen functional groups attached to an aromatic ring is 1. The maximum atomic E-state index is 11.9. The number of nitrogens with one attached hydrogen (secondary N) is 1. The summed E-state index contributed by atoms with van der Waals surface area (Å²) in [7, 11) is 0. The minimum atomic E-state index is -0.665. The van der Waals surface area contributed by atoms with E-state index in [0.29, 0.717) is 6.54 Å². The predicted molar refractivity (Wildman–Crippen MR) is 69.9 cm³/mol. The zero-order valence-corrected chi connectivity index (χ0v) is 10.4. The molecule has 3 N–H and O–H groups in total. The minimum absolute atomic E-state index is 0.0427. The van der Waals surface area contributed by atoms with Crippen LogP contribution in [-0.2, 0) is 6.54 Å². The average Bonchev–Trinajstić information content (AvgIpc) is 2.91. The standard InChI is InChI=1S/C11H12N6O3/c12-9-3-1-2-8(10(9)17(19)20)11(18)13-4-6-16-7-5-14-15-16/h1-3,5,7H,4,6,12H2,(H,13,18). The highest BCUT2D eigenvalue weighted by Gasteiger charge is 2.22. The van der Waals surface area contributed by atoms with Crippen molar-refractivity contribution >= 4 is 17.3 Å². The number of amides is 1. The number of hydrogen-bond donors (Lipinski definition) is 2. The molecule has 9 heteroatoms. The van der Waals surface area contributed by atoms with E-state index in [1.807, 2.05) is 0 Å². The van der Waals surface area contributed by atoms with E-state index < -0.39 is 10.8 Å². The van der Waals surface area contributed by atoms with Crippen LogP contribution >= 0.6 is 0 Å². The SMILES string of the molecule is Nc1cccc(C(=O)NCCn2ccnn2)c1[N+](=O)[O-]. The zero-order chi connectivity index (χ0) is 14.5. The van der Waals surface area contributed by atoms with Gasteiger partial charge in [0.1, 0.15) is 11.3 Å². The van der Waals surface area contributed by atoms with Crippen LogP contribution in [0.15, 0.2) is 30.6 Å². The highest BCUT2D eigenvalue weighted by Crippen LogP contribution is 2.25. The molecule has 2 aromatic rings. The molecule has 0 saturated heterocycles. The number of anilines is 1. The molecule has 1 amide bonds. The van der Waals surface area contributed by atoms with Gasteiger partial charge in [0, 0.05) is 12.7 Å². The van der Waals surface area contributed by atoms with Gasteiger partial charge in [0.15, 0.2) is 0 Å². The van der Waals surface area contributed by atoms with Gasteiger partial charge >= 0.3 is 5.69 Å². The predicted octanol–water partition coefficient (Wildman–Crippen LogP) is 0.198. The van der Waals surface area contributed by atoms with Gasteiger partial charge in [-0.2, -0.15) is 0 Å². The molecule has 0 spiro atoms. The van der Waals surface area contributed by atoms with Crippen LogP contribution in [0.1, 0.15) is 10.4 Å². The van der Waals surface area contributed by atoms with Gasteiger partial charge in [-0.1, -0.05) is 11.3 Å². The summed E-state index contributed by atoms with van der Waals surface area (Å²) in [5.74, 6) is -0.552. The minimum Gasteiger partial charge on any atom is -0.393 e. The summed E-state index contributed by atoms with van der Waals surface area (Å²) in [6.07, 6.45) is 3.17. The van der Waals surface area contributed by atoms with Gasteiger partial charge in [0.05, 0.1) is 17.7 Å². The maximum Gasteiger partial charge on any atom is 0.304 e. The molecule has 9 nitrogen and oxygen atoms in total. The second kappa shape index (κ2) is 5.78. The Balaban J connectivity index is 2.06. The van der Waals surface area contributed by atoms with Gasteiger partial charge in [-0.15, -0.1) is 5.10 Å². The third-order valence-corrected chi connectivity index (χ3v) is 2.59. The molecule has 0 aliphatic heterocycles. The van der Waals surface area contributed by atoms with Gasteiger partial charge in [-0.3, -0.25) is 19.6 Å². The van der Waals surface area contributed by atoms with Crippen LogP contribution in [-0.4, -0.2) is 32.4 Å². The molecule has 1 aromatic heterocycles. The lowest BCUT2D eigenvalue weighted by Crippen LogP contribution is -2.28. The number of nitro groups is 1. The molecule has 104 valence electrons. The van der Waals surface area contributed by atoms with E-state index in [0.717, 1.165) is 0 Å². The van der Waals surface area contributed by atoms with E-state index in [2.05, 4.69) is 15.6 Å². The molecule has 0 bridgehead atoms. The second-order valence-corrected chi connectivity index (χ2v) is 3.92. The average molecular weight is 276 g/mol. The summed E-state index contributed by atoms with van der Waals surface area (Å²) in [5, 5.41) is 20.9. The van der Waals surface area contributed by atoms with E-state index >= 15 is 0 Å². The van der Waals surface area contributed by atoms with Crippen molar-refractivity contribution in [3.05, 3.63) is 46.3 Å². The number of carbonyl (C=O) groups is 1. The van der Waals surface area contributed by atoms with Gasteiger partial charge in [-0.25, -0.2) is 0 Å². The number of hydrogen-bond acceptors (Lipinski definition) is 6. The lowest BCUT2D eigenvalue weighted by molar-refractivity contribution is -0.384. The van der Waals surface area contributed by atoms with Crippen molar-refractivity contribution in [2.75, 3.05) is 12.3 Å². The fourth-order valence-electron chi connectivity index (χ4n) is 1.68. The second-order valence-electron chi connectivity index (χ2n) is 3.92. The first-order valence-electron chi connectivity index (χ1n) is 5.75. The molecule has 1 heterocycles. The van der Waals surface area contributed by atoms with Crippen LogP contribution in [0.2, 0.25) is 0 Å². The number of nitrogens with zero attached hydrogens (tertiary/aromatic N) is 4. The molecule has 0 atom stereocenters. The van der Waals surface area contributed by atoms with E-state index in [9.17, 15) is 14.9 Å². The number of nitrogens with two attached hydrogens (primary N) is 1. The van der Waals surface area contributed by atoms with E-state index in [-0.39, 0.29) is 23.5 Å². The summed E-state index contributed by atoms with van der Waals surface area (Å²) in [5.41, 5.74) is 5.03. The van der Waals surface area contributed by atoms with Crippen LogP contribution < -0.4 is 11.1 Å². The quantitative estimate of drug-likeness (QED) is 0.456. The number of carbonyl (C=O) groups excluding carboxylic acids is 1. The molecule has 2 rings (SSSR count). The van der Waals surface area contributed by atoms with Gasteiger partial charge < -0.3 is 11.1 Å². The van der Waals surface area contributed by atoms with Crippen LogP contribution in [0, 0.1) is 10.1 Å². The lowest BCUT2D eigenvalue weighted by atomic mass is 10.1. The van der Waals surface area contributed by atoms with Crippen molar-refractivity contribution < 1.29 is 9.72 Å². The van der Waals surface area contributed by atoms with Gasteiger partial charge in [0.25, 0.3) is 5.91 Å². The normalized spacial score (nSPS) is 10.2. The third kappa shape index (κ3) is 2.88. The van der Waals surface area contributed by atoms with E-state index in [4.69, 9.17) is 5.73 Å². The van der Waals surface area contributed by atoms with Crippen molar-refractivity contribution in [2.45, 2.75) is 6.54 Å². The van der Waals surface area contributed by atoms with E-state index in [1.54, 1.807) is 6.20 Å². The molecule has 0 unspecified atom stereocenters. The third-order valence-electron chi connectivity index (χ3n) is 2.59. The zero-order valence-electron chi connectivity index (χ0n) is 10.4. The Labute approximate surface area is 113 Å². The molecule has 0 fully saturated rings. The topological polar surface area (TPSA) is 129 Å². The van der Waals surface area contributed by atoms with E-state index in [1.165, 1.54) is 29.1 Å². The highest BCUT2D eigenvalue weighted by molar-refractivity contribution is 6.00. The molecular weight excluding hydrogens is 264 g/mol. The Morgan fingerprint density at radius 3 is 2.95 bits per heavy atom. The fourth-order valence-corrected chi connectivity index (χ4v) is 1.68. The Morgan fingerprint density at radius 2 is 2.30 bits per heavy atom. The van der Waals surface area contributed by atoms with Crippen molar-refractivity contribution in [2.24, 2.45) is 0 Å². The molecule has 20 heavy (non-hydrogen) atoms. The molecule has 1 aromatic carbocycles. The number of benzene rings is 1. The Morgan fingerprint density at radius 1 is 1.50 bits per heavy atom. The Hall–Kier alpha value is -2.97. The molecule has 0 aliphatic rings. The number of nitro benzene ring substituents is 1. The van der Waals surface area contributed by atoms with Crippen LogP contribution in [0.5, 0.6) is 0 Å². The number of rotatable bonds is 5.